The van der Waals surface area contributed by atoms with E-state index in [0.717, 1.165) is 5.56 Å². The zero-order chi connectivity index (χ0) is 20.5. The van der Waals surface area contributed by atoms with Gasteiger partial charge in [-0.25, -0.2) is 8.42 Å². The Kier molecular flexibility index (Phi) is 6.32. The first kappa shape index (κ1) is 21.1. The fourth-order valence-electron chi connectivity index (χ4n) is 2.33. The number of benzene rings is 3. The third-order valence-corrected chi connectivity index (χ3v) is 6.09. The molecule has 0 atom stereocenters. The Morgan fingerprint density at radius 1 is 0.821 bits per heavy atom. The molecule has 146 valence electrons. The van der Waals surface area contributed by atoms with E-state index in [1.54, 1.807) is 18.2 Å². The summed E-state index contributed by atoms with van der Waals surface area (Å²) in [6.07, 6.45) is 0. The van der Waals surface area contributed by atoms with E-state index in [9.17, 15) is 8.42 Å². The van der Waals surface area contributed by atoms with E-state index in [2.05, 4.69) is 4.72 Å². The van der Waals surface area contributed by atoms with Gasteiger partial charge < -0.3 is 4.74 Å². The van der Waals surface area contributed by atoms with Crippen LogP contribution in [0.15, 0.2) is 59.5 Å². The van der Waals surface area contributed by atoms with Gasteiger partial charge in [0.1, 0.15) is 0 Å². The number of hydrogen-bond acceptors (Lipinski definition) is 3. The maximum atomic E-state index is 12.7. The lowest BCUT2D eigenvalue weighted by atomic mass is 10.2. The molecule has 0 fully saturated rings. The molecule has 0 radical (unpaired) electrons. The Bertz CT molecular complexity index is 1110. The van der Waals surface area contributed by atoms with Crippen molar-refractivity contribution in [2.24, 2.45) is 0 Å². The smallest absolute Gasteiger partial charge is 0.262 e. The predicted octanol–water partition coefficient (Wildman–Crippen LogP) is 7.20. The minimum absolute atomic E-state index is 0.103. The normalized spacial score (nSPS) is 11.3. The third kappa shape index (κ3) is 4.85. The van der Waals surface area contributed by atoms with Crippen LogP contribution in [0.5, 0.6) is 11.5 Å². The van der Waals surface area contributed by atoms with Crippen LogP contribution in [0.3, 0.4) is 0 Å². The molecule has 0 amide bonds. The van der Waals surface area contributed by atoms with Gasteiger partial charge in [-0.05, 0) is 49.4 Å². The largest absolute Gasteiger partial charge is 0.452 e. The van der Waals surface area contributed by atoms with Crippen molar-refractivity contribution in [3.8, 4) is 11.5 Å². The first-order chi connectivity index (χ1) is 13.2. The third-order valence-electron chi connectivity index (χ3n) is 3.69. The first-order valence-electron chi connectivity index (χ1n) is 7.87. The van der Waals surface area contributed by atoms with Gasteiger partial charge in [0, 0.05) is 10.0 Å². The van der Waals surface area contributed by atoms with Crippen LogP contribution in [-0.4, -0.2) is 8.42 Å². The second-order valence-corrected chi connectivity index (χ2v) is 9.23. The molecule has 3 aromatic rings. The van der Waals surface area contributed by atoms with Crippen LogP contribution in [0.25, 0.3) is 0 Å². The van der Waals surface area contributed by atoms with Gasteiger partial charge in [0.25, 0.3) is 10.0 Å². The average molecular weight is 477 g/mol. The minimum Gasteiger partial charge on any atom is -0.452 e. The summed E-state index contributed by atoms with van der Waals surface area (Å²) in [7, 11) is -3.86. The van der Waals surface area contributed by atoms with Crippen molar-refractivity contribution in [3.05, 3.63) is 80.3 Å². The van der Waals surface area contributed by atoms with Gasteiger partial charge in [0.05, 0.1) is 20.6 Å². The Morgan fingerprint density at radius 3 is 2.04 bits per heavy atom. The van der Waals surface area contributed by atoms with Crippen molar-refractivity contribution in [1.29, 1.82) is 0 Å². The predicted molar refractivity (Wildman–Crippen MR) is 115 cm³/mol. The van der Waals surface area contributed by atoms with Gasteiger partial charge in [-0.1, -0.05) is 64.1 Å². The fraction of sp³-hybridized carbons (Fsp3) is 0.0526. The molecule has 0 aromatic heterocycles. The second kappa shape index (κ2) is 8.39. The zero-order valence-electron chi connectivity index (χ0n) is 14.3. The lowest BCUT2D eigenvalue weighted by Crippen LogP contribution is -2.13. The Hall–Kier alpha value is -1.63. The molecule has 9 heteroatoms. The number of anilines is 1. The van der Waals surface area contributed by atoms with E-state index in [1.165, 1.54) is 36.4 Å². The highest BCUT2D eigenvalue weighted by atomic mass is 35.5. The summed E-state index contributed by atoms with van der Waals surface area (Å²) in [6.45, 7) is 1.87. The SMILES string of the molecule is Cc1ccc(S(=O)(=O)Nc2cc(Cl)ccc2Oc2c(Cl)cc(Cl)cc2Cl)cc1. The molecule has 4 nitrogen and oxygen atoms in total. The molecule has 0 aliphatic rings. The summed E-state index contributed by atoms with van der Waals surface area (Å²) >= 11 is 24.3. The van der Waals surface area contributed by atoms with Gasteiger partial charge >= 0.3 is 0 Å². The number of ether oxygens (including phenoxy) is 1. The topological polar surface area (TPSA) is 55.4 Å². The molecule has 3 rings (SSSR count). The van der Waals surface area contributed by atoms with Crippen LogP contribution in [0.1, 0.15) is 5.56 Å². The number of halogens is 4. The highest BCUT2D eigenvalue weighted by molar-refractivity contribution is 7.92. The summed E-state index contributed by atoms with van der Waals surface area (Å²) in [5.41, 5.74) is 1.08. The fourth-order valence-corrected chi connectivity index (χ4v) is 4.46. The number of rotatable bonds is 5. The van der Waals surface area contributed by atoms with Gasteiger partial charge in [-0.15, -0.1) is 0 Å². The lowest BCUT2D eigenvalue weighted by molar-refractivity contribution is 0.485. The molecular formula is C19H13Cl4NO3S. The van der Waals surface area contributed by atoms with Crippen LogP contribution in [-0.2, 0) is 10.0 Å². The van der Waals surface area contributed by atoms with Gasteiger partial charge in [0.15, 0.2) is 11.5 Å². The summed E-state index contributed by atoms with van der Waals surface area (Å²) in [4.78, 5) is 0.103. The van der Waals surface area contributed by atoms with Crippen LogP contribution in [0.2, 0.25) is 20.1 Å². The van der Waals surface area contributed by atoms with E-state index < -0.39 is 10.0 Å². The van der Waals surface area contributed by atoms with Crippen molar-refractivity contribution in [2.45, 2.75) is 11.8 Å². The van der Waals surface area contributed by atoms with Gasteiger partial charge in [-0.2, -0.15) is 0 Å². The molecule has 0 spiro atoms. The zero-order valence-corrected chi connectivity index (χ0v) is 18.2. The molecule has 0 bridgehead atoms. The second-order valence-electron chi connectivity index (χ2n) is 5.86. The van der Waals surface area contributed by atoms with Crippen molar-refractivity contribution in [1.82, 2.24) is 0 Å². The van der Waals surface area contributed by atoms with Crippen molar-refractivity contribution in [2.75, 3.05) is 4.72 Å². The molecule has 0 saturated carbocycles. The van der Waals surface area contributed by atoms with Gasteiger partial charge in [0.2, 0.25) is 0 Å². The highest BCUT2D eigenvalue weighted by Crippen LogP contribution is 2.41. The summed E-state index contributed by atoms with van der Waals surface area (Å²) in [6, 6.07) is 13.9. The first-order valence-corrected chi connectivity index (χ1v) is 10.9. The lowest BCUT2D eigenvalue weighted by Gasteiger charge is -2.15. The molecule has 0 heterocycles. The number of sulfonamides is 1. The molecule has 0 aliphatic heterocycles. The Labute approximate surface area is 183 Å². The van der Waals surface area contributed by atoms with E-state index in [4.69, 9.17) is 51.1 Å². The summed E-state index contributed by atoms with van der Waals surface area (Å²) in [5.74, 6) is 0.317. The molecule has 0 saturated heterocycles. The van der Waals surface area contributed by atoms with Crippen molar-refractivity contribution >= 4 is 62.1 Å². The molecule has 1 N–H and O–H groups in total. The standard InChI is InChI=1S/C19H13Cl4NO3S/c1-11-2-5-14(6-3-11)28(25,26)24-17-10-12(20)4-7-18(17)27-19-15(22)8-13(21)9-16(19)23/h2-10,24H,1H3. The summed E-state index contributed by atoms with van der Waals surface area (Å²) in [5, 5.41) is 1.03. The van der Waals surface area contributed by atoms with Crippen LogP contribution < -0.4 is 9.46 Å². The van der Waals surface area contributed by atoms with Crippen LogP contribution in [0.4, 0.5) is 5.69 Å². The summed E-state index contributed by atoms with van der Waals surface area (Å²) < 4.78 is 33.7. The number of aryl methyl sites for hydroxylation is 1. The maximum Gasteiger partial charge on any atom is 0.262 e. The number of nitrogens with one attached hydrogen (secondary N) is 1. The van der Waals surface area contributed by atoms with Gasteiger partial charge in [-0.3, -0.25) is 4.72 Å². The van der Waals surface area contributed by atoms with Crippen LogP contribution >= 0.6 is 46.4 Å². The van der Waals surface area contributed by atoms with Crippen molar-refractivity contribution in [3.63, 3.8) is 0 Å². The monoisotopic (exact) mass is 475 g/mol. The van der Waals surface area contributed by atoms with E-state index in [1.807, 2.05) is 6.92 Å². The molecular weight excluding hydrogens is 464 g/mol. The maximum absolute atomic E-state index is 12.7. The molecule has 28 heavy (non-hydrogen) atoms. The Balaban J connectivity index is 1.99. The van der Waals surface area contributed by atoms with Crippen LogP contribution in [0, 0.1) is 6.92 Å². The highest BCUT2D eigenvalue weighted by Gasteiger charge is 2.19. The van der Waals surface area contributed by atoms with E-state index in [-0.39, 0.29) is 32.1 Å². The van der Waals surface area contributed by atoms with Crippen molar-refractivity contribution < 1.29 is 13.2 Å². The molecule has 0 unspecified atom stereocenters. The quantitative estimate of drug-likeness (QED) is 0.423. The average Bonchev–Trinajstić information content (AvgIpc) is 2.59. The minimum atomic E-state index is -3.86. The molecule has 3 aromatic carbocycles. The van der Waals surface area contributed by atoms with E-state index >= 15 is 0 Å². The van der Waals surface area contributed by atoms with E-state index in [0.29, 0.717) is 10.0 Å². The molecule has 0 aliphatic carbocycles. The Morgan fingerprint density at radius 2 is 1.43 bits per heavy atom. The number of hydrogen-bond donors (Lipinski definition) is 1.